The van der Waals surface area contributed by atoms with Crippen molar-refractivity contribution >= 4 is 17.4 Å². The molecule has 1 N–H and O–H groups in total. The standard InChI is InChI=1S/C15H25ClN4/c1-11(2)13-14(16)18-10-19-15(13)17-7-4-12-5-8-20(3)9-6-12/h10-12H,4-9H2,1-3H3,(H,17,18,19). The molecule has 2 rings (SSSR count). The van der Waals surface area contributed by atoms with Crippen LogP contribution in [0.5, 0.6) is 0 Å². The van der Waals surface area contributed by atoms with E-state index in [-0.39, 0.29) is 0 Å². The van der Waals surface area contributed by atoms with Gasteiger partial charge in [0.15, 0.2) is 0 Å². The lowest BCUT2D eigenvalue weighted by Gasteiger charge is -2.29. The summed E-state index contributed by atoms with van der Waals surface area (Å²) in [6.45, 7) is 7.64. The summed E-state index contributed by atoms with van der Waals surface area (Å²) in [4.78, 5) is 10.8. The number of anilines is 1. The first kappa shape index (κ1) is 15.5. The highest BCUT2D eigenvalue weighted by Gasteiger charge is 2.17. The Bertz CT molecular complexity index is 428. The lowest BCUT2D eigenvalue weighted by atomic mass is 9.94. The summed E-state index contributed by atoms with van der Waals surface area (Å²) in [6, 6.07) is 0. The zero-order valence-corrected chi connectivity index (χ0v) is 13.5. The predicted octanol–water partition coefficient (Wildman–Crippen LogP) is 3.40. The molecule has 20 heavy (non-hydrogen) atoms. The molecule has 1 aromatic rings. The van der Waals surface area contributed by atoms with Crippen LogP contribution in [0.2, 0.25) is 5.15 Å². The van der Waals surface area contributed by atoms with Crippen molar-refractivity contribution in [1.82, 2.24) is 14.9 Å². The molecule has 0 saturated carbocycles. The van der Waals surface area contributed by atoms with Crippen molar-refractivity contribution in [3.8, 4) is 0 Å². The van der Waals surface area contributed by atoms with Crippen molar-refractivity contribution in [1.29, 1.82) is 0 Å². The number of nitrogens with one attached hydrogen (secondary N) is 1. The molecular weight excluding hydrogens is 272 g/mol. The van der Waals surface area contributed by atoms with E-state index in [0.717, 1.165) is 23.8 Å². The van der Waals surface area contributed by atoms with E-state index in [1.807, 2.05) is 0 Å². The number of rotatable bonds is 5. The molecular formula is C15H25ClN4. The van der Waals surface area contributed by atoms with E-state index < -0.39 is 0 Å². The smallest absolute Gasteiger partial charge is 0.138 e. The molecule has 0 radical (unpaired) electrons. The molecule has 1 aliphatic heterocycles. The van der Waals surface area contributed by atoms with Gasteiger partial charge in [0.25, 0.3) is 0 Å². The molecule has 5 heteroatoms. The molecule has 2 heterocycles. The summed E-state index contributed by atoms with van der Waals surface area (Å²) < 4.78 is 0. The van der Waals surface area contributed by atoms with E-state index in [1.54, 1.807) is 0 Å². The van der Waals surface area contributed by atoms with Gasteiger partial charge in [-0.15, -0.1) is 0 Å². The van der Waals surface area contributed by atoms with Crippen molar-refractivity contribution < 1.29 is 0 Å². The minimum absolute atomic E-state index is 0.328. The quantitative estimate of drug-likeness (QED) is 0.846. The van der Waals surface area contributed by atoms with Crippen molar-refractivity contribution in [3.63, 3.8) is 0 Å². The summed E-state index contributed by atoms with van der Waals surface area (Å²) in [7, 11) is 2.20. The Morgan fingerprint density at radius 2 is 2.05 bits per heavy atom. The second kappa shape index (κ2) is 7.23. The van der Waals surface area contributed by atoms with Crippen LogP contribution in [-0.4, -0.2) is 41.5 Å². The van der Waals surface area contributed by atoms with Gasteiger partial charge in [0.1, 0.15) is 17.3 Å². The highest BCUT2D eigenvalue weighted by Crippen LogP contribution is 2.28. The van der Waals surface area contributed by atoms with E-state index >= 15 is 0 Å². The molecule has 0 spiro atoms. The van der Waals surface area contributed by atoms with Gasteiger partial charge in [-0.1, -0.05) is 25.4 Å². The topological polar surface area (TPSA) is 41.1 Å². The van der Waals surface area contributed by atoms with Gasteiger partial charge in [0.05, 0.1) is 0 Å². The third-order valence-corrected chi connectivity index (χ3v) is 4.40. The molecule has 4 nitrogen and oxygen atoms in total. The van der Waals surface area contributed by atoms with E-state index in [0.29, 0.717) is 11.1 Å². The Labute approximate surface area is 126 Å². The van der Waals surface area contributed by atoms with Gasteiger partial charge in [-0.3, -0.25) is 0 Å². The SMILES string of the molecule is CC(C)c1c(Cl)ncnc1NCCC1CCN(C)CC1. The van der Waals surface area contributed by atoms with Gasteiger partial charge in [-0.2, -0.15) is 0 Å². The molecule has 1 aromatic heterocycles. The third-order valence-electron chi connectivity index (χ3n) is 4.10. The molecule has 0 atom stereocenters. The van der Waals surface area contributed by atoms with Crippen LogP contribution in [-0.2, 0) is 0 Å². The second-order valence-corrected chi connectivity index (χ2v) is 6.40. The molecule has 0 bridgehead atoms. The molecule has 0 amide bonds. The molecule has 0 aromatic carbocycles. The first-order chi connectivity index (χ1) is 9.58. The van der Waals surface area contributed by atoms with Gasteiger partial charge in [0.2, 0.25) is 0 Å². The minimum Gasteiger partial charge on any atom is -0.370 e. The third kappa shape index (κ3) is 4.06. The van der Waals surface area contributed by atoms with Gasteiger partial charge in [0, 0.05) is 12.1 Å². The number of piperidine rings is 1. The van der Waals surface area contributed by atoms with Crippen molar-refractivity contribution in [3.05, 3.63) is 17.0 Å². The lowest BCUT2D eigenvalue weighted by molar-refractivity contribution is 0.215. The van der Waals surface area contributed by atoms with Crippen LogP contribution in [0.15, 0.2) is 6.33 Å². The molecule has 112 valence electrons. The Hall–Kier alpha value is -0.870. The van der Waals surface area contributed by atoms with Crippen LogP contribution in [0.3, 0.4) is 0 Å². The van der Waals surface area contributed by atoms with Gasteiger partial charge < -0.3 is 10.2 Å². The van der Waals surface area contributed by atoms with Gasteiger partial charge in [-0.25, -0.2) is 9.97 Å². The predicted molar refractivity (Wildman–Crippen MR) is 84.5 cm³/mol. The van der Waals surface area contributed by atoms with Crippen LogP contribution >= 0.6 is 11.6 Å². The number of likely N-dealkylation sites (tertiary alicyclic amines) is 1. The van der Waals surface area contributed by atoms with Crippen molar-refractivity contribution in [2.45, 2.75) is 39.0 Å². The summed E-state index contributed by atoms with van der Waals surface area (Å²) in [5, 5.41) is 4.01. The summed E-state index contributed by atoms with van der Waals surface area (Å²) >= 11 is 6.17. The van der Waals surface area contributed by atoms with Crippen molar-refractivity contribution in [2.75, 3.05) is 32.0 Å². The number of nitrogens with zero attached hydrogens (tertiary/aromatic N) is 3. The normalized spacial score (nSPS) is 17.6. The number of hydrogen-bond acceptors (Lipinski definition) is 4. The first-order valence-electron chi connectivity index (χ1n) is 7.50. The highest BCUT2D eigenvalue weighted by atomic mass is 35.5. The zero-order chi connectivity index (χ0) is 14.5. The number of halogens is 1. The molecule has 0 unspecified atom stereocenters. The van der Waals surface area contributed by atoms with E-state index in [9.17, 15) is 0 Å². The Morgan fingerprint density at radius 1 is 1.35 bits per heavy atom. The fourth-order valence-electron chi connectivity index (χ4n) is 2.77. The Kier molecular flexibility index (Phi) is 5.61. The van der Waals surface area contributed by atoms with Crippen LogP contribution in [0, 0.1) is 5.92 Å². The summed E-state index contributed by atoms with van der Waals surface area (Å²) in [5.74, 6) is 2.06. The highest BCUT2D eigenvalue weighted by molar-refractivity contribution is 6.30. The average molecular weight is 297 g/mol. The maximum absolute atomic E-state index is 6.17. The molecule has 1 fully saturated rings. The number of hydrogen-bond donors (Lipinski definition) is 1. The average Bonchev–Trinajstić information content (AvgIpc) is 2.40. The molecule has 1 aliphatic rings. The van der Waals surface area contributed by atoms with Crippen LogP contribution in [0.25, 0.3) is 0 Å². The van der Waals surface area contributed by atoms with E-state index in [1.165, 1.54) is 38.7 Å². The van der Waals surface area contributed by atoms with E-state index in [4.69, 9.17) is 11.6 Å². The summed E-state index contributed by atoms with van der Waals surface area (Å²) in [6.07, 6.45) is 5.35. The fraction of sp³-hybridized carbons (Fsp3) is 0.733. The van der Waals surface area contributed by atoms with Crippen LogP contribution in [0.4, 0.5) is 5.82 Å². The van der Waals surface area contributed by atoms with Crippen LogP contribution < -0.4 is 5.32 Å². The van der Waals surface area contributed by atoms with Gasteiger partial charge >= 0.3 is 0 Å². The van der Waals surface area contributed by atoms with Gasteiger partial charge in [-0.05, 0) is 51.2 Å². The largest absolute Gasteiger partial charge is 0.370 e. The zero-order valence-electron chi connectivity index (χ0n) is 12.7. The van der Waals surface area contributed by atoms with Crippen LogP contribution in [0.1, 0.15) is 44.6 Å². The van der Waals surface area contributed by atoms with E-state index in [2.05, 4.69) is 41.1 Å². The molecule has 1 saturated heterocycles. The Morgan fingerprint density at radius 3 is 2.70 bits per heavy atom. The fourth-order valence-corrected chi connectivity index (χ4v) is 3.12. The second-order valence-electron chi connectivity index (χ2n) is 6.04. The maximum Gasteiger partial charge on any atom is 0.138 e. The Balaban J connectivity index is 1.86. The maximum atomic E-state index is 6.17. The monoisotopic (exact) mass is 296 g/mol. The first-order valence-corrected chi connectivity index (χ1v) is 7.88. The lowest BCUT2D eigenvalue weighted by Crippen LogP contribution is -2.30. The number of aromatic nitrogens is 2. The summed E-state index contributed by atoms with van der Waals surface area (Å²) in [5.41, 5.74) is 1.03. The molecule has 0 aliphatic carbocycles. The minimum atomic E-state index is 0.328. The van der Waals surface area contributed by atoms with Crippen molar-refractivity contribution in [2.24, 2.45) is 5.92 Å².